The summed E-state index contributed by atoms with van der Waals surface area (Å²) >= 11 is 0. The number of rotatable bonds is 2. The lowest BCUT2D eigenvalue weighted by atomic mass is 10.1. The number of carbonyl (C=O) groups excluding carboxylic acids is 1. The second kappa shape index (κ2) is 5.81. The predicted octanol–water partition coefficient (Wildman–Crippen LogP) is 1.03. The molecule has 1 aliphatic rings. The Bertz CT molecular complexity index is 725. The molecule has 0 bridgehead atoms. The molecule has 0 unspecified atom stereocenters. The Morgan fingerprint density at radius 2 is 1.68 bits per heavy atom. The highest BCUT2D eigenvalue weighted by molar-refractivity contribution is 5.99. The highest BCUT2D eigenvalue weighted by Crippen LogP contribution is 2.22. The van der Waals surface area contributed by atoms with Crippen LogP contribution in [-0.2, 0) is 7.05 Å². The molecule has 2 heterocycles. The summed E-state index contributed by atoms with van der Waals surface area (Å²) in [7, 11) is 3.63. The first-order chi connectivity index (χ1) is 10.6. The van der Waals surface area contributed by atoms with E-state index in [1.165, 1.54) is 4.74 Å². The molecule has 1 aromatic heterocycles. The third kappa shape index (κ3) is 2.57. The van der Waals surface area contributed by atoms with E-state index in [0.29, 0.717) is 29.9 Å². The molecular weight excluding hydrogens is 282 g/mol. The zero-order valence-corrected chi connectivity index (χ0v) is 12.8. The van der Waals surface area contributed by atoms with Crippen LogP contribution < -0.4 is 5.63 Å². The third-order valence-electron chi connectivity index (χ3n) is 4.03. The summed E-state index contributed by atoms with van der Waals surface area (Å²) in [6, 6.07) is 9.17. The van der Waals surface area contributed by atoms with Crippen molar-refractivity contribution < 1.29 is 9.32 Å². The van der Waals surface area contributed by atoms with E-state index in [1.54, 1.807) is 11.9 Å². The largest absolute Gasteiger partial charge is 0.366 e. The van der Waals surface area contributed by atoms with Crippen molar-refractivity contribution in [2.45, 2.75) is 0 Å². The monoisotopic (exact) mass is 301 g/mol. The Labute approximate surface area is 128 Å². The molecule has 2 aromatic rings. The van der Waals surface area contributed by atoms with Crippen LogP contribution in [0, 0.1) is 0 Å². The Hall–Kier alpha value is -2.34. The number of carbonyl (C=O) groups is 1. The number of aromatic nitrogens is 1. The van der Waals surface area contributed by atoms with Gasteiger partial charge in [0.2, 0.25) is 0 Å². The number of nitrogens with zero attached hydrogens (tertiary/aromatic N) is 3. The van der Waals surface area contributed by atoms with Crippen molar-refractivity contribution in [1.29, 1.82) is 0 Å². The Morgan fingerprint density at radius 3 is 2.32 bits per heavy atom. The molecule has 3 rings (SSSR count). The third-order valence-corrected chi connectivity index (χ3v) is 4.03. The van der Waals surface area contributed by atoms with Crippen LogP contribution in [0.2, 0.25) is 0 Å². The van der Waals surface area contributed by atoms with Gasteiger partial charge in [0.25, 0.3) is 5.91 Å². The molecule has 22 heavy (non-hydrogen) atoms. The molecule has 1 aliphatic heterocycles. The lowest BCUT2D eigenvalue weighted by molar-refractivity contribution is 0.0643. The van der Waals surface area contributed by atoms with Crippen LogP contribution >= 0.6 is 0 Å². The molecule has 1 amide bonds. The first-order valence-electron chi connectivity index (χ1n) is 7.31. The number of hydrogen-bond acceptors (Lipinski definition) is 4. The van der Waals surface area contributed by atoms with Gasteiger partial charge in [0.1, 0.15) is 5.56 Å². The van der Waals surface area contributed by atoms with Gasteiger partial charge in [-0.3, -0.25) is 4.79 Å². The Balaban J connectivity index is 2.00. The smallest absolute Gasteiger partial charge is 0.335 e. The maximum atomic E-state index is 12.8. The lowest BCUT2D eigenvalue weighted by Crippen LogP contribution is -2.47. The number of likely N-dealkylation sites (N-methyl/N-ethyl adjacent to an activating group) is 1. The van der Waals surface area contributed by atoms with Crippen molar-refractivity contribution in [3.05, 3.63) is 46.4 Å². The maximum Gasteiger partial charge on any atom is 0.366 e. The van der Waals surface area contributed by atoms with Gasteiger partial charge in [0.05, 0.1) is 0 Å². The van der Waals surface area contributed by atoms with E-state index in [1.807, 2.05) is 37.4 Å². The summed E-state index contributed by atoms with van der Waals surface area (Å²) in [5.41, 5.74) is 0.883. The van der Waals surface area contributed by atoms with E-state index >= 15 is 0 Å². The maximum absolute atomic E-state index is 12.8. The molecular formula is C16H19N3O3. The number of hydrogen-bond donors (Lipinski definition) is 0. The van der Waals surface area contributed by atoms with Crippen LogP contribution in [0.4, 0.5) is 0 Å². The molecule has 1 fully saturated rings. The minimum absolute atomic E-state index is 0.152. The standard InChI is InChI=1S/C16H19N3O3/c1-17-8-10-19(11-9-17)15(20)14-13(16(21)22-18(14)2)12-6-4-3-5-7-12/h3-7H,8-11H2,1-2H3. The zero-order chi connectivity index (χ0) is 15.7. The van der Waals surface area contributed by atoms with E-state index in [-0.39, 0.29) is 5.91 Å². The van der Waals surface area contributed by atoms with Crippen LogP contribution in [0.25, 0.3) is 11.1 Å². The van der Waals surface area contributed by atoms with E-state index in [9.17, 15) is 9.59 Å². The van der Waals surface area contributed by atoms with Crippen molar-refractivity contribution in [3.63, 3.8) is 0 Å². The van der Waals surface area contributed by atoms with Gasteiger partial charge in [-0.05, 0) is 12.6 Å². The molecule has 0 N–H and O–H groups in total. The van der Waals surface area contributed by atoms with E-state index in [2.05, 4.69) is 4.90 Å². The van der Waals surface area contributed by atoms with Crippen molar-refractivity contribution in [1.82, 2.24) is 14.5 Å². The van der Waals surface area contributed by atoms with Gasteiger partial charge in [-0.1, -0.05) is 30.3 Å². The molecule has 0 aliphatic carbocycles. The number of benzene rings is 1. The summed E-state index contributed by atoms with van der Waals surface area (Å²) in [6.45, 7) is 2.97. The molecule has 0 radical (unpaired) electrons. The average molecular weight is 301 g/mol. The quantitative estimate of drug-likeness (QED) is 0.831. The van der Waals surface area contributed by atoms with Gasteiger partial charge in [0, 0.05) is 33.2 Å². The first-order valence-corrected chi connectivity index (χ1v) is 7.31. The number of amides is 1. The summed E-state index contributed by atoms with van der Waals surface area (Å²) in [5, 5.41) is 0. The van der Waals surface area contributed by atoms with Gasteiger partial charge in [-0.2, -0.15) is 0 Å². The highest BCUT2D eigenvalue weighted by Gasteiger charge is 2.28. The Morgan fingerprint density at radius 1 is 1.05 bits per heavy atom. The summed E-state index contributed by atoms with van der Waals surface area (Å²) in [5.74, 6) is -0.152. The topological polar surface area (TPSA) is 58.7 Å². The van der Waals surface area contributed by atoms with Crippen molar-refractivity contribution >= 4 is 5.91 Å². The van der Waals surface area contributed by atoms with Gasteiger partial charge < -0.3 is 14.3 Å². The molecule has 116 valence electrons. The second-order valence-corrected chi connectivity index (χ2v) is 5.56. The van der Waals surface area contributed by atoms with Crippen LogP contribution in [0.1, 0.15) is 10.5 Å². The molecule has 6 nitrogen and oxygen atoms in total. The van der Waals surface area contributed by atoms with E-state index in [0.717, 1.165) is 13.1 Å². The number of aryl methyl sites for hydroxylation is 1. The summed E-state index contributed by atoms with van der Waals surface area (Å²) in [4.78, 5) is 28.9. The number of piperazine rings is 1. The first kappa shape index (κ1) is 14.6. The van der Waals surface area contributed by atoms with Gasteiger partial charge in [-0.25, -0.2) is 9.53 Å². The second-order valence-electron chi connectivity index (χ2n) is 5.56. The molecule has 6 heteroatoms. The normalized spacial score (nSPS) is 16.0. The fourth-order valence-corrected chi connectivity index (χ4v) is 2.73. The van der Waals surface area contributed by atoms with Crippen molar-refractivity contribution in [3.8, 4) is 11.1 Å². The van der Waals surface area contributed by atoms with Crippen molar-refractivity contribution in [2.75, 3.05) is 33.2 Å². The van der Waals surface area contributed by atoms with Crippen LogP contribution in [0.5, 0.6) is 0 Å². The van der Waals surface area contributed by atoms with Crippen LogP contribution in [0.15, 0.2) is 39.6 Å². The molecule has 1 saturated heterocycles. The minimum Gasteiger partial charge on any atom is -0.335 e. The summed E-state index contributed by atoms with van der Waals surface area (Å²) < 4.78 is 6.42. The van der Waals surface area contributed by atoms with Gasteiger partial charge in [0.15, 0.2) is 5.69 Å². The average Bonchev–Trinajstić information content (AvgIpc) is 2.82. The molecule has 0 atom stereocenters. The SMILES string of the molecule is CN1CCN(C(=O)c2c(-c3ccccc3)c(=O)on2C)CC1. The van der Waals surface area contributed by atoms with E-state index in [4.69, 9.17) is 4.52 Å². The Kier molecular flexibility index (Phi) is 3.85. The fraction of sp³-hybridized carbons (Fsp3) is 0.375. The highest BCUT2D eigenvalue weighted by atomic mass is 16.5. The predicted molar refractivity (Wildman–Crippen MR) is 82.8 cm³/mol. The van der Waals surface area contributed by atoms with Gasteiger partial charge in [-0.15, -0.1) is 0 Å². The summed E-state index contributed by atoms with van der Waals surface area (Å²) in [6.07, 6.45) is 0. The lowest BCUT2D eigenvalue weighted by Gasteiger charge is -2.32. The van der Waals surface area contributed by atoms with Gasteiger partial charge >= 0.3 is 5.63 Å². The molecule has 0 saturated carbocycles. The fourth-order valence-electron chi connectivity index (χ4n) is 2.73. The van der Waals surface area contributed by atoms with Crippen molar-refractivity contribution in [2.24, 2.45) is 7.05 Å². The molecule has 0 spiro atoms. The van der Waals surface area contributed by atoms with Crippen LogP contribution in [-0.4, -0.2) is 53.7 Å². The van der Waals surface area contributed by atoms with Crippen LogP contribution in [0.3, 0.4) is 0 Å². The zero-order valence-electron chi connectivity index (χ0n) is 12.8. The van der Waals surface area contributed by atoms with E-state index < -0.39 is 5.63 Å². The molecule has 1 aromatic carbocycles. The minimum atomic E-state index is -0.480.